The molecule has 2 spiro atoms. The molecule has 2 aromatic carbocycles. The minimum Gasteiger partial charge on any atom is -0.542 e. The standard InChI is InChI=1S/C32H38FNO4.C2HF3O2/c1-34(17-20-6-7-20)13-12-31-27-22-8-9-25(35)28(27)38-29(31)32(36-2)11-10-30(31,26(34)15-22)16-23(32)19-37-18-21-4-3-5-24(33)14-21;3-2(4,5)1(6)7/h3-5,8-9,14,20,23,26,29H,6-7,10-13,15-19H2,1-2H3;(H,6,7)/t23-,26-,29-,30-,31+,32-,34?;/m1./s1. The Labute approximate surface area is 259 Å². The smallest absolute Gasteiger partial charge is 0.430 e. The number of methoxy groups -OCH3 is 1. The molecule has 7 atom stereocenters. The predicted molar refractivity (Wildman–Crippen MR) is 152 cm³/mol. The predicted octanol–water partition coefficient (Wildman–Crippen LogP) is 4.42. The fourth-order valence-corrected chi connectivity index (χ4v) is 10.4. The van der Waals surface area contributed by atoms with Gasteiger partial charge in [-0.2, -0.15) is 13.2 Å². The minimum atomic E-state index is -5.19. The van der Waals surface area contributed by atoms with Gasteiger partial charge in [-0.1, -0.05) is 18.2 Å². The number of halogens is 4. The van der Waals surface area contributed by atoms with E-state index in [0.29, 0.717) is 19.3 Å². The molecule has 5 fully saturated rings. The lowest BCUT2D eigenvalue weighted by atomic mass is 9.34. The van der Waals surface area contributed by atoms with Crippen LogP contribution in [0.1, 0.15) is 55.2 Å². The number of carboxylic acids is 1. The van der Waals surface area contributed by atoms with Crippen molar-refractivity contribution in [3.63, 3.8) is 0 Å². The van der Waals surface area contributed by atoms with E-state index in [1.165, 1.54) is 36.6 Å². The summed E-state index contributed by atoms with van der Waals surface area (Å²) in [5.41, 5.74) is 3.05. The van der Waals surface area contributed by atoms with Gasteiger partial charge in [-0.25, -0.2) is 4.39 Å². The molecule has 2 aromatic rings. The second kappa shape index (κ2) is 10.3. The largest absolute Gasteiger partial charge is 0.542 e. The van der Waals surface area contributed by atoms with Crippen molar-refractivity contribution in [2.45, 2.75) is 80.9 Å². The number of alkyl halides is 3. The monoisotopic (exact) mass is 633 g/mol. The Balaban J connectivity index is 0.000000420. The van der Waals surface area contributed by atoms with Crippen molar-refractivity contribution in [2.24, 2.45) is 17.3 Å². The molecule has 0 radical (unpaired) electrons. The molecule has 11 heteroatoms. The molecule has 2 heterocycles. The van der Waals surface area contributed by atoms with E-state index >= 15 is 0 Å². The molecule has 2 aliphatic heterocycles. The molecule has 5 aliphatic carbocycles. The molecule has 7 nitrogen and oxygen atoms in total. The number of quaternary nitrogens is 1. The van der Waals surface area contributed by atoms with E-state index in [2.05, 4.69) is 13.1 Å². The van der Waals surface area contributed by atoms with Crippen LogP contribution in [0.3, 0.4) is 0 Å². The maximum absolute atomic E-state index is 13.8. The number of carbonyl (C=O) groups excluding carboxylic acids is 1. The van der Waals surface area contributed by atoms with Gasteiger partial charge in [0.25, 0.3) is 0 Å². The normalized spacial score (nSPS) is 36.9. The summed E-state index contributed by atoms with van der Waals surface area (Å²) >= 11 is 0. The van der Waals surface area contributed by atoms with Crippen LogP contribution in [-0.4, -0.2) is 73.3 Å². The number of benzene rings is 2. The Hall–Kier alpha value is -2.89. The maximum Gasteiger partial charge on any atom is 0.430 e. The highest BCUT2D eigenvalue weighted by Crippen LogP contribution is 2.77. The third-order valence-electron chi connectivity index (χ3n) is 12.2. The lowest BCUT2D eigenvalue weighted by Gasteiger charge is -2.74. The van der Waals surface area contributed by atoms with Crippen LogP contribution in [0.5, 0.6) is 11.5 Å². The third-order valence-corrected chi connectivity index (χ3v) is 12.2. The molecule has 4 bridgehead atoms. The van der Waals surface area contributed by atoms with Crippen molar-refractivity contribution >= 4 is 5.97 Å². The summed E-state index contributed by atoms with van der Waals surface area (Å²) in [4.78, 5) is 8.78. The van der Waals surface area contributed by atoms with Gasteiger partial charge in [0.2, 0.25) is 0 Å². The number of piperidine rings is 1. The number of ether oxygens (including phenoxy) is 3. The summed E-state index contributed by atoms with van der Waals surface area (Å²) in [6, 6.07) is 11.2. The number of nitrogens with zero attached hydrogens (tertiary/aromatic N) is 1. The van der Waals surface area contributed by atoms with Crippen LogP contribution in [0.15, 0.2) is 36.4 Å². The molecule has 0 aromatic heterocycles. The van der Waals surface area contributed by atoms with Crippen molar-refractivity contribution in [2.75, 3.05) is 33.9 Å². The lowest BCUT2D eigenvalue weighted by molar-refractivity contribution is -0.952. The molecular formula is C34H39F4NO6. The Bertz CT molecular complexity index is 1510. The number of hydrogen-bond donors (Lipinski definition) is 1. The Kier molecular flexibility index (Phi) is 7.04. The van der Waals surface area contributed by atoms with Gasteiger partial charge in [0.05, 0.1) is 44.8 Å². The van der Waals surface area contributed by atoms with Gasteiger partial charge in [0.1, 0.15) is 23.5 Å². The van der Waals surface area contributed by atoms with Crippen LogP contribution < -0.4 is 9.84 Å². The van der Waals surface area contributed by atoms with E-state index in [9.17, 15) is 22.7 Å². The molecule has 1 unspecified atom stereocenters. The summed E-state index contributed by atoms with van der Waals surface area (Å²) in [7, 11) is 4.38. The average molecular weight is 634 g/mol. The summed E-state index contributed by atoms with van der Waals surface area (Å²) in [5, 5.41) is 19.8. The second-order valence-electron chi connectivity index (χ2n) is 14.4. The van der Waals surface area contributed by atoms with Gasteiger partial charge in [-0.15, -0.1) is 0 Å². The number of phenolic OH excluding ortho intramolecular Hbond substituents is 1. The highest BCUT2D eigenvalue weighted by molar-refractivity contribution is 5.70. The topological polar surface area (TPSA) is 88.1 Å². The molecule has 0 amide bonds. The first-order valence-corrected chi connectivity index (χ1v) is 15.8. The van der Waals surface area contributed by atoms with Crippen molar-refractivity contribution in [1.29, 1.82) is 0 Å². The molecule has 244 valence electrons. The van der Waals surface area contributed by atoms with Crippen LogP contribution >= 0.6 is 0 Å². The first kappa shape index (κ1) is 30.7. The number of likely N-dealkylation sites (N-methyl/N-ethyl adjacent to an activating group) is 1. The van der Waals surface area contributed by atoms with E-state index in [1.54, 1.807) is 12.1 Å². The number of carboxylic acid groups (broad SMARTS) is 1. The number of phenols is 1. The molecule has 1 N–H and O–H groups in total. The summed E-state index contributed by atoms with van der Waals surface area (Å²) in [6.07, 6.45) is 2.73. The first-order valence-electron chi connectivity index (χ1n) is 15.8. The highest BCUT2D eigenvalue weighted by Gasteiger charge is 2.83. The summed E-state index contributed by atoms with van der Waals surface area (Å²) in [6.45, 7) is 3.40. The zero-order valence-electron chi connectivity index (χ0n) is 25.5. The molecule has 45 heavy (non-hydrogen) atoms. The molecule has 1 saturated heterocycles. The van der Waals surface area contributed by atoms with Crippen LogP contribution in [0.25, 0.3) is 0 Å². The maximum atomic E-state index is 13.8. The van der Waals surface area contributed by atoms with Gasteiger partial charge >= 0.3 is 6.18 Å². The summed E-state index contributed by atoms with van der Waals surface area (Å²) in [5.74, 6) is -1.20. The minimum absolute atomic E-state index is 0.0960. The molecule has 7 aliphatic rings. The first-order chi connectivity index (χ1) is 21.3. The highest BCUT2D eigenvalue weighted by atomic mass is 19.4. The Morgan fingerprint density at radius 2 is 1.93 bits per heavy atom. The summed E-state index contributed by atoms with van der Waals surface area (Å²) < 4.78 is 66.3. The van der Waals surface area contributed by atoms with Gasteiger partial charge in [-0.3, -0.25) is 0 Å². The quantitative estimate of drug-likeness (QED) is 0.359. The average Bonchev–Trinajstić information content (AvgIpc) is 3.72. The van der Waals surface area contributed by atoms with Crippen LogP contribution in [0, 0.1) is 23.1 Å². The van der Waals surface area contributed by atoms with Crippen molar-refractivity contribution < 1.29 is 51.3 Å². The number of carbonyl (C=O) groups is 1. The molecule has 4 saturated carbocycles. The lowest BCUT2D eigenvalue weighted by Crippen LogP contribution is -2.83. The third kappa shape index (κ3) is 4.43. The number of rotatable bonds is 7. The number of fused-ring (bicyclic) bond motifs is 2. The van der Waals surface area contributed by atoms with Crippen molar-refractivity contribution in [3.05, 3.63) is 58.9 Å². The van der Waals surface area contributed by atoms with Crippen LogP contribution in [0.4, 0.5) is 17.6 Å². The zero-order chi connectivity index (χ0) is 32.0. The van der Waals surface area contributed by atoms with Crippen molar-refractivity contribution in [3.8, 4) is 11.5 Å². The van der Waals surface area contributed by atoms with Crippen LogP contribution in [-0.2, 0) is 32.7 Å². The van der Waals surface area contributed by atoms with Gasteiger partial charge in [-0.05, 0) is 61.4 Å². The van der Waals surface area contributed by atoms with Gasteiger partial charge in [0, 0.05) is 42.8 Å². The van der Waals surface area contributed by atoms with Gasteiger partial charge < -0.3 is 33.7 Å². The molecular weight excluding hydrogens is 594 g/mol. The van der Waals surface area contributed by atoms with E-state index in [1.807, 2.05) is 19.2 Å². The SMILES string of the molecule is CO[C@]12CC[C@@]3(C[C@@H]1COCc1cccc(F)c1)[C@H]1Cc4ccc(O)c5c4[C@@]3(CC[N+]1(C)CC1CC1)[C@H]2O5.O=C([O-])C(F)(F)F. The van der Waals surface area contributed by atoms with Gasteiger partial charge in [0.15, 0.2) is 11.5 Å². The zero-order valence-corrected chi connectivity index (χ0v) is 25.5. The molecule has 9 rings (SSSR count). The number of aliphatic carboxylic acids is 1. The fourth-order valence-electron chi connectivity index (χ4n) is 10.4. The van der Waals surface area contributed by atoms with E-state index in [-0.39, 0.29) is 34.4 Å². The van der Waals surface area contributed by atoms with E-state index in [0.717, 1.165) is 60.4 Å². The van der Waals surface area contributed by atoms with E-state index in [4.69, 9.17) is 24.1 Å². The Morgan fingerprint density at radius 1 is 1.18 bits per heavy atom. The fraction of sp³-hybridized carbons (Fsp3) is 0.618. The Morgan fingerprint density at radius 3 is 2.60 bits per heavy atom. The number of aromatic hydroxyl groups is 1. The van der Waals surface area contributed by atoms with Crippen LogP contribution in [0.2, 0.25) is 0 Å². The van der Waals surface area contributed by atoms with E-state index < -0.39 is 17.7 Å². The number of hydrogen-bond acceptors (Lipinski definition) is 6. The second-order valence-corrected chi connectivity index (χ2v) is 14.4. The number of likely N-dealkylation sites (tertiary alicyclic amines) is 1. The van der Waals surface area contributed by atoms with Crippen molar-refractivity contribution in [1.82, 2.24) is 0 Å².